The lowest BCUT2D eigenvalue weighted by atomic mass is 10.1. The largest absolute Gasteiger partial charge is 0.475 e. The SMILES string of the molecule is CCCc1ccccc1-n1nc(C(=O)O)nc1CC. The van der Waals surface area contributed by atoms with Gasteiger partial charge < -0.3 is 5.11 Å². The van der Waals surface area contributed by atoms with E-state index in [1.807, 2.05) is 31.2 Å². The molecular weight excluding hydrogens is 242 g/mol. The fourth-order valence-corrected chi connectivity index (χ4v) is 2.05. The average molecular weight is 259 g/mol. The first-order valence-electron chi connectivity index (χ1n) is 6.44. The molecule has 0 spiro atoms. The maximum Gasteiger partial charge on any atom is 0.375 e. The Balaban J connectivity index is 2.54. The Labute approximate surface area is 111 Å². The van der Waals surface area contributed by atoms with Crippen LogP contribution in [0.2, 0.25) is 0 Å². The molecule has 1 aromatic carbocycles. The van der Waals surface area contributed by atoms with Gasteiger partial charge in [-0.15, -0.1) is 5.10 Å². The van der Waals surface area contributed by atoms with Gasteiger partial charge in [-0.1, -0.05) is 38.5 Å². The molecule has 0 radical (unpaired) electrons. The molecular formula is C14H17N3O2. The second-order valence-electron chi connectivity index (χ2n) is 4.30. The van der Waals surface area contributed by atoms with Crippen LogP contribution in [0.3, 0.4) is 0 Å². The summed E-state index contributed by atoms with van der Waals surface area (Å²) in [5, 5.41) is 13.1. The quantitative estimate of drug-likeness (QED) is 0.895. The van der Waals surface area contributed by atoms with E-state index in [4.69, 9.17) is 5.11 Å². The summed E-state index contributed by atoms with van der Waals surface area (Å²) in [4.78, 5) is 15.0. The Hall–Kier alpha value is -2.17. The second kappa shape index (κ2) is 5.65. The minimum atomic E-state index is -1.10. The van der Waals surface area contributed by atoms with E-state index in [0.717, 1.165) is 24.1 Å². The third-order valence-electron chi connectivity index (χ3n) is 2.92. The number of hydrogen-bond donors (Lipinski definition) is 1. The highest BCUT2D eigenvalue weighted by atomic mass is 16.4. The lowest BCUT2D eigenvalue weighted by molar-refractivity contribution is 0.0683. The molecule has 0 aliphatic heterocycles. The summed E-state index contributed by atoms with van der Waals surface area (Å²) >= 11 is 0. The monoisotopic (exact) mass is 259 g/mol. The maximum atomic E-state index is 11.0. The van der Waals surface area contributed by atoms with Gasteiger partial charge in [0.1, 0.15) is 5.82 Å². The Bertz CT molecular complexity index is 590. The first-order chi connectivity index (χ1) is 9.17. The standard InChI is InChI=1S/C14H17N3O2/c1-3-7-10-8-5-6-9-11(10)17-12(4-2)15-13(16-17)14(18)19/h5-6,8-9H,3-4,7H2,1-2H3,(H,18,19). The van der Waals surface area contributed by atoms with Crippen molar-refractivity contribution >= 4 is 5.97 Å². The van der Waals surface area contributed by atoms with Crippen LogP contribution < -0.4 is 0 Å². The van der Waals surface area contributed by atoms with Crippen LogP contribution in [0.4, 0.5) is 0 Å². The lowest BCUT2D eigenvalue weighted by Gasteiger charge is -2.09. The molecule has 5 nitrogen and oxygen atoms in total. The van der Waals surface area contributed by atoms with Crippen molar-refractivity contribution in [1.29, 1.82) is 0 Å². The van der Waals surface area contributed by atoms with E-state index in [2.05, 4.69) is 17.0 Å². The van der Waals surface area contributed by atoms with Crippen LogP contribution in [0.25, 0.3) is 5.69 Å². The molecule has 1 N–H and O–H groups in total. The van der Waals surface area contributed by atoms with Gasteiger partial charge in [-0.3, -0.25) is 0 Å². The molecule has 0 fully saturated rings. The average Bonchev–Trinajstić information content (AvgIpc) is 2.84. The molecule has 1 aromatic heterocycles. The molecule has 5 heteroatoms. The Kier molecular flexibility index (Phi) is 3.94. The summed E-state index contributed by atoms with van der Waals surface area (Å²) in [6.07, 6.45) is 2.60. The predicted molar refractivity (Wildman–Crippen MR) is 71.7 cm³/mol. The summed E-state index contributed by atoms with van der Waals surface area (Å²) < 4.78 is 1.65. The van der Waals surface area contributed by atoms with Gasteiger partial charge in [0.15, 0.2) is 0 Å². The van der Waals surface area contributed by atoms with Crippen LogP contribution in [-0.2, 0) is 12.8 Å². The Morgan fingerprint density at radius 2 is 2.05 bits per heavy atom. The first-order valence-corrected chi connectivity index (χ1v) is 6.44. The molecule has 100 valence electrons. The summed E-state index contributed by atoms with van der Waals surface area (Å²) in [6, 6.07) is 7.90. The minimum Gasteiger partial charge on any atom is -0.475 e. The maximum absolute atomic E-state index is 11.0. The molecule has 19 heavy (non-hydrogen) atoms. The number of carboxylic acids is 1. The van der Waals surface area contributed by atoms with Gasteiger partial charge in [0.2, 0.25) is 0 Å². The molecule has 0 amide bonds. The van der Waals surface area contributed by atoms with Gasteiger partial charge in [0.25, 0.3) is 5.82 Å². The summed E-state index contributed by atoms with van der Waals surface area (Å²) in [6.45, 7) is 4.05. The number of aryl methyl sites for hydroxylation is 2. The van der Waals surface area contributed by atoms with Crippen molar-refractivity contribution < 1.29 is 9.90 Å². The molecule has 2 aromatic rings. The number of benzene rings is 1. The van der Waals surface area contributed by atoms with E-state index in [0.29, 0.717) is 12.2 Å². The molecule has 0 atom stereocenters. The summed E-state index contributed by atoms with van der Waals surface area (Å²) in [7, 11) is 0. The van der Waals surface area contributed by atoms with Crippen molar-refractivity contribution in [3.63, 3.8) is 0 Å². The topological polar surface area (TPSA) is 68.0 Å². The van der Waals surface area contributed by atoms with Crippen LogP contribution in [-0.4, -0.2) is 25.8 Å². The first kappa shape index (κ1) is 13.3. The van der Waals surface area contributed by atoms with Crippen LogP contribution in [0, 0.1) is 0 Å². The fraction of sp³-hybridized carbons (Fsp3) is 0.357. The number of nitrogens with zero attached hydrogens (tertiary/aromatic N) is 3. The Morgan fingerprint density at radius 1 is 1.32 bits per heavy atom. The lowest BCUT2D eigenvalue weighted by Crippen LogP contribution is -2.06. The smallest absolute Gasteiger partial charge is 0.375 e. The van der Waals surface area contributed by atoms with Gasteiger partial charge in [0, 0.05) is 6.42 Å². The van der Waals surface area contributed by atoms with Gasteiger partial charge in [-0.2, -0.15) is 0 Å². The Morgan fingerprint density at radius 3 is 2.68 bits per heavy atom. The number of carbonyl (C=O) groups is 1. The molecule has 0 saturated heterocycles. The van der Waals surface area contributed by atoms with E-state index in [1.54, 1.807) is 4.68 Å². The third-order valence-corrected chi connectivity index (χ3v) is 2.92. The molecule has 0 aliphatic carbocycles. The highest BCUT2D eigenvalue weighted by Gasteiger charge is 2.16. The van der Waals surface area contributed by atoms with E-state index < -0.39 is 5.97 Å². The van der Waals surface area contributed by atoms with E-state index >= 15 is 0 Å². The van der Waals surface area contributed by atoms with Gasteiger partial charge in [0.05, 0.1) is 5.69 Å². The number of rotatable bonds is 5. The molecule has 0 aliphatic rings. The van der Waals surface area contributed by atoms with Gasteiger partial charge in [-0.05, 0) is 18.1 Å². The van der Waals surface area contributed by atoms with Crippen molar-refractivity contribution in [1.82, 2.24) is 14.8 Å². The summed E-state index contributed by atoms with van der Waals surface area (Å²) in [5.41, 5.74) is 2.07. The molecule has 0 unspecified atom stereocenters. The number of carboxylic acid groups (broad SMARTS) is 1. The van der Waals surface area contributed by atoms with Crippen LogP contribution in [0.15, 0.2) is 24.3 Å². The zero-order valence-electron chi connectivity index (χ0n) is 11.1. The number of aromatic carboxylic acids is 1. The highest BCUT2D eigenvalue weighted by molar-refractivity contribution is 5.83. The molecule has 0 bridgehead atoms. The van der Waals surface area contributed by atoms with Crippen LogP contribution in [0.1, 0.15) is 42.3 Å². The predicted octanol–water partition coefficient (Wildman–Crippen LogP) is 2.48. The molecule has 1 heterocycles. The second-order valence-corrected chi connectivity index (χ2v) is 4.30. The minimum absolute atomic E-state index is 0.150. The fourth-order valence-electron chi connectivity index (χ4n) is 2.05. The normalized spacial score (nSPS) is 10.6. The highest BCUT2D eigenvalue weighted by Crippen LogP contribution is 2.17. The van der Waals surface area contributed by atoms with Crippen molar-refractivity contribution in [2.45, 2.75) is 33.1 Å². The molecule has 2 rings (SSSR count). The van der Waals surface area contributed by atoms with Crippen LogP contribution in [0.5, 0.6) is 0 Å². The number of aromatic nitrogens is 3. The van der Waals surface area contributed by atoms with Gasteiger partial charge in [-0.25, -0.2) is 14.5 Å². The zero-order valence-corrected chi connectivity index (χ0v) is 11.1. The van der Waals surface area contributed by atoms with Crippen molar-refractivity contribution in [2.24, 2.45) is 0 Å². The zero-order chi connectivity index (χ0) is 13.8. The summed E-state index contributed by atoms with van der Waals surface area (Å²) in [5.74, 6) is -0.578. The van der Waals surface area contributed by atoms with E-state index in [-0.39, 0.29) is 5.82 Å². The van der Waals surface area contributed by atoms with Crippen molar-refractivity contribution in [2.75, 3.05) is 0 Å². The van der Waals surface area contributed by atoms with Crippen LogP contribution >= 0.6 is 0 Å². The third kappa shape index (κ3) is 2.65. The number of hydrogen-bond acceptors (Lipinski definition) is 3. The van der Waals surface area contributed by atoms with Gasteiger partial charge >= 0.3 is 5.97 Å². The van der Waals surface area contributed by atoms with E-state index in [1.165, 1.54) is 0 Å². The number of para-hydroxylation sites is 1. The van der Waals surface area contributed by atoms with Crippen molar-refractivity contribution in [3.8, 4) is 5.69 Å². The van der Waals surface area contributed by atoms with Crippen molar-refractivity contribution in [3.05, 3.63) is 41.5 Å². The van der Waals surface area contributed by atoms with E-state index in [9.17, 15) is 4.79 Å². The molecule has 0 saturated carbocycles.